The lowest BCUT2D eigenvalue weighted by Crippen LogP contribution is -2.45. The van der Waals surface area contributed by atoms with Gasteiger partial charge in [-0.2, -0.15) is 4.98 Å². The summed E-state index contributed by atoms with van der Waals surface area (Å²) in [4.78, 5) is 20.6. The van der Waals surface area contributed by atoms with Gasteiger partial charge in [0.15, 0.2) is 0 Å². The standard InChI is InChI=1S/C26H24N4O3S/c1-16-9-11-18(12-10-16)15-30-17(2)22(25-28-24(29-33-25)21-8-5-13-34-21)23(27-26(30)31)19-6-4-7-20(14-19)32-3/h4-14,23H,15H2,1-3H3,(H,27,31). The Labute approximate surface area is 201 Å². The summed E-state index contributed by atoms with van der Waals surface area (Å²) in [7, 11) is 1.62. The minimum atomic E-state index is -0.464. The van der Waals surface area contributed by atoms with Crippen molar-refractivity contribution in [2.45, 2.75) is 26.4 Å². The van der Waals surface area contributed by atoms with Crippen molar-refractivity contribution < 1.29 is 14.1 Å². The Morgan fingerprint density at radius 1 is 1.12 bits per heavy atom. The highest BCUT2D eigenvalue weighted by molar-refractivity contribution is 7.13. The van der Waals surface area contributed by atoms with Gasteiger partial charge in [-0.05, 0) is 48.6 Å². The number of amides is 2. The second kappa shape index (κ2) is 9.15. The third-order valence-corrected chi connectivity index (χ3v) is 6.75. The van der Waals surface area contributed by atoms with Gasteiger partial charge in [0.2, 0.25) is 5.82 Å². The Bertz CT molecular complexity index is 1340. The molecule has 0 radical (unpaired) electrons. The van der Waals surface area contributed by atoms with Crippen LogP contribution in [0.15, 0.2) is 76.3 Å². The van der Waals surface area contributed by atoms with Crippen LogP contribution in [0.2, 0.25) is 0 Å². The van der Waals surface area contributed by atoms with Crippen molar-refractivity contribution in [2.24, 2.45) is 0 Å². The first-order chi connectivity index (χ1) is 16.5. The normalized spacial score (nSPS) is 16.0. The number of hydrogen-bond acceptors (Lipinski definition) is 6. The van der Waals surface area contributed by atoms with Gasteiger partial charge in [0.1, 0.15) is 5.75 Å². The van der Waals surface area contributed by atoms with E-state index >= 15 is 0 Å². The Morgan fingerprint density at radius 3 is 2.68 bits per heavy atom. The van der Waals surface area contributed by atoms with Gasteiger partial charge in [0, 0.05) is 5.70 Å². The molecule has 0 saturated carbocycles. The highest BCUT2D eigenvalue weighted by Gasteiger charge is 2.36. The fraction of sp³-hybridized carbons (Fsp3) is 0.192. The molecule has 172 valence electrons. The summed E-state index contributed by atoms with van der Waals surface area (Å²) in [5.74, 6) is 1.61. The van der Waals surface area contributed by atoms with Crippen molar-refractivity contribution in [1.82, 2.24) is 20.4 Å². The number of rotatable bonds is 6. The highest BCUT2D eigenvalue weighted by Crippen LogP contribution is 2.39. The Kier molecular flexibility index (Phi) is 5.90. The summed E-state index contributed by atoms with van der Waals surface area (Å²) in [6.07, 6.45) is 0. The molecule has 5 rings (SSSR count). The summed E-state index contributed by atoms with van der Waals surface area (Å²) in [5, 5.41) is 9.31. The topological polar surface area (TPSA) is 80.5 Å². The summed E-state index contributed by atoms with van der Waals surface area (Å²) >= 11 is 1.55. The van der Waals surface area contributed by atoms with Crippen LogP contribution in [0.3, 0.4) is 0 Å². The van der Waals surface area contributed by atoms with Gasteiger partial charge in [-0.25, -0.2) is 4.79 Å². The number of urea groups is 1. The van der Waals surface area contributed by atoms with E-state index in [1.807, 2.05) is 79.9 Å². The number of aryl methyl sites for hydroxylation is 1. The summed E-state index contributed by atoms with van der Waals surface area (Å²) in [5.41, 5.74) is 4.59. The molecule has 4 aromatic rings. The fourth-order valence-corrected chi connectivity index (χ4v) is 4.68. The Morgan fingerprint density at radius 2 is 1.94 bits per heavy atom. The number of ether oxygens (including phenoxy) is 1. The SMILES string of the molecule is COc1cccc(C2NC(=O)N(Cc3ccc(C)cc3)C(C)=C2c2nc(-c3cccs3)no2)c1. The summed E-state index contributed by atoms with van der Waals surface area (Å²) in [6.45, 7) is 4.39. The van der Waals surface area contributed by atoms with E-state index in [9.17, 15) is 4.79 Å². The summed E-state index contributed by atoms with van der Waals surface area (Å²) < 4.78 is 11.1. The van der Waals surface area contributed by atoms with E-state index in [0.29, 0.717) is 24.0 Å². The first kappa shape index (κ1) is 21.9. The van der Waals surface area contributed by atoms with E-state index in [4.69, 9.17) is 9.26 Å². The molecule has 0 bridgehead atoms. The van der Waals surface area contributed by atoms with Gasteiger partial charge < -0.3 is 14.6 Å². The molecular weight excluding hydrogens is 448 g/mol. The van der Waals surface area contributed by atoms with Gasteiger partial charge in [0.05, 0.1) is 30.1 Å². The van der Waals surface area contributed by atoms with Crippen molar-refractivity contribution in [3.8, 4) is 16.5 Å². The molecule has 1 atom stereocenters. The highest BCUT2D eigenvalue weighted by atomic mass is 32.1. The Balaban J connectivity index is 1.60. The third kappa shape index (κ3) is 4.20. The van der Waals surface area contributed by atoms with Crippen LogP contribution in [0, 0.1) is 6.92 Å². The van der Waals surface area contributed by atoms with Gasteiger partial charge in [-0.3, -0.25) is 4.90 Å². The van der Waals surface area contributed by atoms with E-state index in [1.165, 1.54) is 5.56 Å². The fourth-order valence-electron chi connectivity index (χ4n) is 4.03. The predicted molar refractivity (Wildman–Crippen MR) is 131 cm³/mol. The quantitative estimate of drug-likeness (QED) is 0.383. The van der Waals surface area contributed by atoms with E-state index in [0.717, 1.165) is 27.3 Å². The van der Waals surface area contributed by atoms with Gasteiger partial charge in [0.25, 0.3) is 5.89 Å². The van der Waals surface area contributed by atoms with E-state index in [1.54, 1.807) is 23.3 Å². The molecule has 1 aliphatic heterocycles. The molecule has 1 unspecified atom stereocenters. The molecule has 8 heteroatoms. The van der Waals surface area contributed by atoms with Crippen LogP contribution in [0.1, 0.15) is 35.5 Å². The summed E-state index contributed by atoms with van der Waals surface area (Å²) in [6, 6.07) is 19.0. The molecule has 2 aromatic carbocycles. The lowest BCUT2D eigenvalue weighted by Gasteiger charge is -2.35. The molecule has 2 amide bonds. The van der Waals surface area contributed by atoms with Crippen molar-refractivity contribution in [3.05, 3.63) is 94.3 Å². The number of thiophene rings is 1. The number of hydrogen-bond donors (Lipinski definition) is 1. The molecule has 0 saturated heterocycles. The maximum absolute atomic E-state index is 13.3. The second-order valence-electron chi connectivity index (χ2n) is 8.13. The monoisotopic (exact) mass is 472 g/mol. The number of methoxy groups -OCH3 is 1. The van der Waals surface area contributed by atoms with Crippen LogP contribution in [-0.4, -0.2) is 28.2 Å². The molecule has 7 nitrogen and oxygen atoms in total. The smallest absolute Gasteiger partial charge is 0.322 e. The number of benzene rings is 2. The molecule has 0 spiro atoms. The average molecular weight is 473 g/mol. The average Bonchev–Trinajstić information content (AvgIpc) is 3.55. The first-order valence-corrected chi connectivity index (χ1v) is 11.8. The minimum absolute atomic E-state index is 0.187. The van der Waals surface area contributed by atoms with Crippen molar-refractivity contribution in [2.75, 3.05) is 7.11 Å². The zero-order valence-electron chi connectivity index (χ0n) is 19.1. The largest absolute Gasteiger partial charge is 0.497 e. The van der Waals surface area contributed by atoms with E-state index < -0.39 is 6.04 Å². The van der Waals surface area contributed by atoms with Crippen molar-refractivity contribution >= 4 is 22.9 Å². The van der Waals surface area contributed by atoms with Crippen LogP contribution < -0.4 is 10.1 Å². The zero-order valence-corrected chi connectivity index (χ0v) is 19.9. The van der Waals surface area contributed by atoms with E-state index in [-0.39, 0.29) is 6.03 Å². The van der Waals surface area contributed by atoms with Crippen LogP contribution in [0.25, 0.3) is 16.3 Å². The number of carbonyl (C=O) groups excluding carboxylic acids is 1. The van der Waals surface area contributed by atoms with Crippen LogP contribution in [0.5, 0.6) is 5.75 Å². The second-order valence-corrected chi connectivity index (χ2v) is 9.08. The molecule has 3 heterocycles. The molecule has 0 fully saturated rings. The maximum atomic E-state index is 13.3. The maximum Gasteiger partial charge on any atom is 0.322 e. The van der Waals surface area contributed by atoms with Crippen molar-refractivity contribution in [3.63, 3.8) is 0 Å². The molecule has 2 aromatic heterocycles. The van der Waals surface area contributed by atoms with Crippen LogP contribution in [-0.2, 0) is 6.54 Å². The number of carbonyl (C=O) groups is 1. The number of nitrogens with zero attached hydrogens (tertiary/aromatic N) is 3. The van der Waals surface area contributed by atoms with Gasteiger partial charge >= 0.3 is 6.03 Å². The molecule has 34 heavy (non-hydrogen) atoms. The molecular formula is C26H24N4O3S. The predicted octanol–water partition coefficient (Wildman–Crippen LogP) is 5.81. The lowest BCUT2D eigenvalue weighted by molar-refractivity contribution is 0.203. The first-order valence-electron chi connectivity index (χ1n) is 10.9. The number of allylic oxidation sites excluding steroid dienone is 1. The zero-order chi connectivity index (χ0) is 23.7. The number of nitrogens with one attached hydrogen (secondary N) is 1. The molecule has 0 aliphatic carbocycles. The van der Waals surface area contributed by atoms with Crippen LogP contribution >= 0.6 is 11.3 Å². The third-order valence-electron chi connectivity index (χ3n) is 5.88. The van der Waals surface area contributed by atoms with Gasteiger partial charge in [-0.1, -0.05) is 53.2 Å². The minimum Gasteiger partial charge on any atom is -0.497 e. The molecule has 1 aliphatic rings. The lowest BCUT2D eigenvalue weighted by atomic mass is 9.94. The number of aromatic nitrogens is 2. The van der Waals surface area contributed by atoms with Crippen LogP contribution in [0.4, 0.5) is 4.79 Å². The van der Waals surface area contributed by atoms with Gasteiger partial charge in [-0.15, -0.1) is 11.3 Å². The molecule has 1 N–H and O–H groups in total. The Hall–Kier alpha value is -3.91. The van der Waals surface area contributed by atoms with E-state index in [2.05, 4.69) is 15.5 Å². The van der Waals surface area contributed by atoms with Crippen molar-refractivity contribution in [1.29, 1.82) is 0 Å².